The third kappa shape index (κ3) is 4.65. The molecule has 0 fully saturated rings. The van der Waals surface area contributed by atoms with Crippen LogP contribution in [0.25, 0.3) is 6.08 Å². The Morgan fingerprint density at radius 3 is 2.75 bits per heavy atom. The Kier molecular flexibility index (Phi) is 6.04. The molecule has 0 aliphatic carbocycles. The van der Waals surface area contributed by atoms with Crippen molar-refractivity contribution in [2.75, 3.05) is 19.0 Å². The summed E-state index contributed by atoms with van der Waals surface area (Å²) in [5.74, 6) is 3.34. The van der Waals surface area contributed by atoms with Crippen LogP contribution in [0.3, 0.4) is 0 Å². The van der Waals surface area contributed by atoms with Gasteiger partial charge in [-0.15, -0.1) is 6.42 Å². The van der Waals surface area contributed by atoms with E-state index in [0.29, 0.717) is 11.5 Å². The van der Waals surface area contributed by atoms with Crippen molar-refractivity contribution in [1.82, 2.24) is 0 Å². The predicted octanol–water partition coefficient (Wildman–Crippen LogP) is 3.67. The van der Waals surface area contributed by atoms with Gasteiger partial charge in [0.15, 0.2) is 11.5 Å². The first-order valence-corrected chi connectivity index (χ1v) is 7.43. The SMILES string of the molecule is C#CCOc1ccc(/C=C/C(=O)Nc2ccccc2C)cc1OC. The Labute approximate surface area is 142 Å². The molecule has 1 N–H and O–H groups in total. The zero-order valence-corrected chi connectivity index (χ0v) is 13.7. The number of anilines is 1. The van der Waals surface area contributed by atoms with Crippen molar-refractivity contribution in [2.45, 2.75) is 6.92 Å². The number of nitrogens with one attached hydrogen (secondary N) is 1. The molecule has 24 heavy (non-hydrogen) atoms. The summed E-state index contributed by atoms with van der Waals surface area (Å²) >= 11 is 0. The van der Waals surface area contributed by atoms with Gasteiger partial charge in [0, 0.05) is 11.8 Å². The Morgan fingerprint density at radius 1 is 1.25 bits per heavy atom. The van der Waals surface area contributed by atoms with Crippen molar-refractivity contribution < 1.29 is 14.3 Å². The molecule has 4 heteroatoms. The molecule has 0 saturated heterocycles. The number of methoxy groups -OCH3 is 1. The van der Waals surface area contributed by atoms with Crippen molar-refractivity contribution in [1.29, 1.82) is 0 Å². The van der Waals surface area contributed by atoms with Gasteiger partial charge in [-0.05, 0) is 42.3 Å². The van der Waals surface area contributed by atoms with Crippen LogP contribution in [-0.2, 0) is 4.79 Å². The Morgan fingerprint density at radius 2 is 2.04 bits per heavy atom. The third-order valence-corrected chi connectivity index (χ3v) is 3.33. The molecule has 0 aliphatic rings. The van der Waals surface area contributed by atoms with Crippen LogP contribution in [0.1, 0.15) is 11.1 Å². The number of aryl methyl sites for hydroxylation is 1. The number of hydrogen-bond acceptors (Lipinski definition) is 3. The number of terminal acetylenes is 1. The molecular formula is C20H19NO3. The lowest BCUT2D eigenvalue weighted by molar-refractivity contribution is -0.111. The Hall–Kier alpha value is -3.19. The fourth-order valence-electron chi connectivity index (χ4n) is 2.09. The minimum Gasteiger partial charge on any atom is -0.493 e. The average Bonchev–Trinajstić information content (AvgIpc) is 2.60. The highest BCUT2D eigenvalue weighted by Crippen LogP contribution is 2.28. The van der Waals surface area contributed by atoms with Crippen molar-refractivity contribution in [2.24, 2.45) is 0 Å². The summed E-state index contributed by atoms with van der Waals surface area (Å²) in [5.41, 5.74) is 2.62. The van der Waals surface area contributed by atoms with Gasteiger partial charge in [0.05, 0.1) is 7.11 Å². The van der Waals surface area contributed by atoms with E-state index in [2.05, 4.69) is 11.2 Å². The van der Waals surface area contributed by atoms with Crippen LogP contribution in [-0.4, -0.2) is 19.6 Å². The Bertz CT molecular complexity index is 788. The number of amides is 1. The smallest absolute Gasteiger partial charge is 0.248 e. The number of ether oxygens (including phenoxy) is 2. The summed E-state index contributed by atoms with van der Waals surface area (Å²) in [5, 5.41) is 2.84. The van der Waals surface area contributed by atoms with Crippen LogP contribution in [0.15, 0.2) is 48.5 Å². The second kappa shape index (κ2) is 8.44. The van der Waals surface area contributed by atoms with E-state index in [-0.39, 0.29) is 12.5 Å². The second-order valence-corrected chi connectivity index (χ2v) is 5.04. The molecule has 0 radical (unpaired) electrons. The maximum Gasteiger partial charge on any atom is 0.248 e. The summed E-state index contributed by atoms with van der Waals surface area (Å²) in [4.78, 5) is 12.0. The highest BCUT2D eigenvalue weighted by molar-refractivity contribution is 6.02. The molecule has 4 nitrogen and oxygen atoms in total. The molecule has 0 atom stereocenters. The molecule has 0 saturated carbocycles. The van der Waals surface area contributed by atoms with Crippen LogP contribution in [0.4, 0.5) is 5.69 Å². The van der Waals surface area contributed by atoms with Gasteiger partial charge in [-0.3, -0.25) is 4.79 Å². The van der Waals surface area contributed by atoms with Crippen molar-refractivity contribution in [3.8, 4) is 23.8 Å². The topological polar surface area (TPSA) is 47.6 Å². The number of para-hydroxylation sites is 1. The number of carbonyl (C=O) groups is 1. The van der Waals surface area contributed by atoms with Gasteiger partial charge in [-0.2, -0.15) is 0 Å². The molecule has 1 amide bonds. The van der Waals surface area contributed by atoms with Crippen LogP contribution >= 0.6 is 0 Å². The van der Waals surface area contributed by atoms with Gasteiger partial charge in [0.2, 0.25) is 5.91 Å². The van der Waals surface area contributed by atoms with E-state index >= 15 is 0 Å². The summed E-state index contributed by atoms with van der Waals surface area (Å²) in [7, 11) is 1.55. The molecular weight excluding hydrogens is 302 g/mol. The van der Waals surface area contributed by atoms with E-state index in [1.807, 2.05) is 37.3 Å². The van der Waals surface area contributed by atoms with E-state index < -0.39 is 0 Å². The van der Waals surface area contributed by atoms with Gasteiger partial charge >= 0.3 is 0 Å². The molecule has 122 valence electrons. The lowest BCUT2D eigenvalue weighted by atomic mass is 10.1. The monoisotopic (exact) mass is 321 g/mol. The van der Waals surface area contributed by atoms with Gasteiger partial charge in [0.1, 0.15) is 6.61 Å². The van der Waals surface area contributed by atoms with Crippen molar-refractivity contribution in [3.63, 3.8) is 0 Å². The minimum absolute atomic E-state index is 0.171. The number of rotatable bonds is 6. The first kappa shape index (κ1) is 17.2. The first-order chi connectivity index (χ1) is 11.6. The van der Waals surface area contributed by atoms with Crippen LogP contribution in [0, 0.1) is 19.3 Å². The predicted molar refractivity (Wildman–Crippen MR) is 96.2 cm³/mol. The summed E-state index contributed by atoms with van der Waals surface area (Å²) in [6, 6.07) is 13.0. The Balaban J connectivity index is 2.07. The molecule has 2 aromatic carbocycles. The summed E-state index contributed by atoms with van der Waals surface area (Å²) in [6.07, 6.45) is 8.37. The molecule has 0 aromatic heterocycles. The minimum atomic E-state index is -0.198. The second-order valence-electron chi connectivity index (χ2n) is 5.04. The quantitative estimate of drug-likeness (QED) is 0.652. The van der Waals surface area contributed by atoms with Crippen LogP contribution in [0.5, 0.6) is 11.5 Å². The van der Waals surface area contributed by atoms with Gasteiger partial charge in [-0.1, -0.05) is 30.2 Å². The molecule has 2 aromatic rings. The van der Waals surface area contributed by atoms with E-state index in [0.717, 1.165) is 16.8 Å². The lowest BCUT2D eigenvalue weighted by Crippen LogP contribution is -2.08. The maximum absolute atomic E-state index is 12.0. The standard InChI is InChI=1S/C20H19NO3/c1-4-13-24-18-11-9-16(14-19(18)23-3)10-12-20(22)21-17-8-6-5-7-15(17)2/h1,5-12,14H,13H2,2-3H3,(H,21,22)/b12-10+. The van der Waals surface area contributed by atoms with Crippen LogP contribution < -0.4 is 14.8 Å². The van der Waals surface area contributed by atoms with Crippen molar-refractivity contribution in [3.05, 3.63) is 59.7 Å². The summed E-state index contributed by atoms with van der Waals surface area (Å²) < 4.78 is 10.7. The van der Waals surface area contributed by atoms with E-state index in [4.69, 9.17) is 15.9 Å². The van der Waals surface area contributed by atoms with E-state index in [1.165, 1.54) is 6.08 Å². The maximum atomic E-state index is 12.0. The van der Waals surface area contributed by atoms with E-state index in [9.17, 15) is 4.79 Å². The zero-order valence-electron chi connectivity index (χ0n) is 13.7. The average molecular weight is 321 g/mol. The van der Waals surface area contributed by atoms with Gasteiger partial charge < -0.3 is 14.8 Å². The number of carbonyl (C=O) groups excluding carboxylic acids is 1. The zero-order chi connectivity index (χ0) is 17.4. The van der Waals surface area contributed by atoms with E-state index in [1.54, 1.807) is 25.3 Å². The molecule has 0 unspecified atom stereocenters. The van der Waals surface area contributed by atoms with Crippen LogP contribution in [0.2, 0.25) is 0 Å². The lowest BCUT2D eigenvalue weighted by Gasteiger charge is -2.09. The number of hydrogen-bond donors (Lipinski definition) is 1. The molecule has 0 heterocycles. The van der Waals surface area contributed by atoms with Gasteiger partial charge in [0.25, 0.3) is 0 Å². The summed E-state index contributed by atoms with van der Waals surface area (Å²) in [6.45, 7) is 2.11. The fourth-order valence-corrected chi connectivity index (χ4v) is 2.09. The van der Waals surface area contributed by atoms with Gasteiger partial charge in [-0.25, -0.2) is 0 Å². The fraction of sp³-hybridized carbons (Fsp3) is 0.150. The molecule has 0 bridgehead atoms. The number of benzene rings is 2. The highest BCUT2D eigenvalue weighted by atomic mass is 16.5. The molecule has 0 aliphatic heterocycles. The first-order valence-electron chi connectivity index (χ1n) is 7.43. The normalized spacial score (nSPS) is 10.2. The third-order valence-electron chi connectivity index (χ3n) is 3.33. The highest BCUT2D eigenvalue weighted by Gasteiger charge is 2.05. The molecule has 0 spiro atoms. The largest absolute Gasteiger partial charge is 0.493 e. The molecule has 2 rings (SSSR count). The van der Waals surface area contributed by atoms with Crippen molar-refractivity contribution >= 4 is 17.7 Å².